The first-order valence-electron chi connectivity index (χ1n) is 10.5. The number of fused-ring (bicyclic) bond motifs is 1. The molecule has 0 spiro atoms. The van der Waals surface area contributed by atoms with Gasteiger partial charge in [-0.05, 0) is 61.2 Å². The van der Waals surface area contributed by atoms with Crippen LogP contribution in [0, 0.1) is 5.92 Å². The highest BCUT2D eigenvalue weighted by atomic mass is 16.2. The molecular formula is C24H29N3O2. The zero-order chi connectivity index (χ0) is 20.4. The van der Waals surface area contributed by atoms with Gasteiger partial charge in [-0.3, -0.25) is 19.4 Å². The summed E-state index contributed by atoms with van der Waals surface area (Å²) in [5.74, 6) is 0.579. The van der Waals surface area contributed by atoms with Gasteiger partial charge >= 0.3 is 0 Å². The van der Waals surface area contributed by atoms with Crippen LogP contribution in [-0.4, -0.2) is 35.8 Å². The minimum Gasteiger partial charge on any atom is -0.324 e. The predicted octanol–water partition coefficient (Wildman–Crippen LogP) is 3.83. The molecule has 29 heavy (non-hydrogen) atoms. The molecule has 4 rings (SSSR count). The summed E-state index contributed by atoms with van der Waals surface area (Å²) < 4.78 is 0. The van der Waals surface area contributed by atoms with Gasteiger partial charge in [0.1, 0.15) is 6.04 Å². The Kier molecular flexibility index (Phi) is 5.67. The second-order valence-corrected chi connectivity index (χ2v) is 8.38. The molecule has 0 saturated carbocycles. The quantitative estimate of drug-likeness (QED) is 0.862. The standard InChI is InChI=1S/C24H29N3O2/c1-17-11-13-26(14-12-17)16-19-7-9-21(10-8-19)25-24(29)23-15-20-5-3-4-6-22(20)27(23)18(2)28/h3-10,17,23H,11-16H2,1-2H3,(H,25,29)/t23-/m0/s1. The molecule has 2 heterocycles. The van der Waals surface area contributed by atoms with Crippen molar-refractivity contribution in [3.8, 4) is 0 Å². The van der Waals surface area contributed by atoms with Crippen molar-refractivity contribution in [3.63, 3.8) is 0 Å². The molecule has 0 bridgehead atoms. The Morgan fingerprint density at radius 1 is 1.03 bits per heavy atom. The third-order valence-electron chi connectivity index (χ3n) is 6.12. The molecule has 2 aromatic rings. The molecule has 0 radical (unpaired) electrons. The van der Waals surface area contributed by atoms with Crippen LogP contribution in [0.5, 0.6) is 0 Å². The highest BCUT2D eigenvalue weighted by Gasteiger charge is 2.36. The van der Waals surface area contributed by atoms with Gasteiger partial charge in [-0.2, -0.15) is 0 Å². The molecule has 1 fully saturated rings. The van der Waals surface area contributed by atoms with Crippen LogP contribution >= 0.6 is 0 Å². The van der Waals surface area contributed by atoms with E-state index in [-0.39, 0.29) is 11.8 Å². The summed E-state index contributed by atoms with van der Waals surface area (Å²) >= 11 is 0. The first-order chi connectivity index (χ1) is 14.0. The number of carbonyl (C=O) groups excluding carboxylic acids is 2. The normalized spacial score (nSPS) is 19.8. The summed E-state index contributed by atoms with van der Waals surface area (Å²) in [7, 11) is 0. The van der Waals surface area contributed by atoms with E-state index in [1.807, 2.05) is 36.4 Å². The van der Waals surface area contributed by atoms with Crippen molar-refractivity contribution in [1.29, 1.82) is 0 Å². The first-order valence-corrected chi connectivity index (χ1v) is 10.5. The van der Waals surface area contributed by atoms with E-state index in [1.165, 1.54) is 25.3 Å². The van der Waals surface area contributed by atoms with E-state index in [9.17, 15) is 9.59 Å². The van der Waals surface area contributed by atoms with E-state index in [0.29, 0.717) is 6.42 Å². The fraction of sp³-hybridized carbons (Fsp3) is 0.417. The molecule has 1 saturated heterocycles. The largest absolute Gasteiger partial charge is 0.324 e. The lowest BCUT2D eigenvalue weighted by Gasteiger charge is -2.30. The molecule has 2 aromatic carbocycles. The lowest BCUT2D eigenvalue weighted by atomic mass is 9.99. The number of carbonyl (C=O) groups is 2. The van der Waals surface area contributed by atoms with E-state index in [2.05, 4.69) is 29.3 Å². The van der Waals surface area contributed by atoms with Gasteiger partial charge in [0.25, 0.3) is 0 Å². The molecule has 1 N–H and O–H groups in total. The maximum Gasteiger partial charge on any atom is 0.247 e. The zero-order valence-electron chi connectivity index (χ0n) is 17.2. The first kappa shape index (κ1) is 19.6. The lowest BCUT2D eigenvalue weighted by molar-refractivity contribution is -0.122. The van der Waals surface area contributed by atoms with E-state index in [1.54, 1.807) is 4.90 Å². The van der Waals surface area contributed by atoms with Crippen molar-refractivity contribution in [1.82, 2.24) is 4.90 Å². The monoisotopic (exact) mass is 391 g/mol. The fourth-order valence-electron chi connectivity index (χ4n) is 4.38. The average Bonchev–Trinajstić information content (AvgIpc) is 3.11. The Balaban J connectivity index is 1.39. The Morgan fingerprint density at radius 3 is 2.41 bits per heavy atom. The molecule has 0 aliphatic carbocycles. The zero-order valence-corrected chi connectivity index (χ0v) is 17.2. The van der Waals surface area contributed by atoms with Crippen LogP contribution in [0.3, 0.4) is 0 Å². The highest BCUT2D eigenvalue weighted by Crippen LogP contribution is 2.32. The summed E-state index contributed by atoms with van der Waals surface area (Å²) in [6.07, 6.45) is 3.09. The summed E-state index contributed by atoms with van der Waals surface area (Å²) in [6, 6.07) is 15.3. The van der Waals surface area contributed by atoms with Crippen LogP contribution < -0.4 is 10.2 Å². The Hall–Kier alpha value is -2.66. The molecule has 2 amide bonds. The summed E-state index contributed by atoms with van der Waals surface area (Å²) in [4.78, 5) is 29.2. The van der Waals surface area contributed by atoms with Gasteiger partial charge in [0.15, 0.2) is 0 Å². The van der Waals surface area contributed by atoms with Gasteiger partial charge in [-0.15, -0.1) is 0 Å². The molecular weight excluding hydrogens is 362 g/mol. The molecule has 2 aliphatic heterocycles. The number of rotatable bonds is 4. The molecule has 0 aromatic heterocycles. The van der Waals surface area contributed by atoms with Crippen LogP contribution in [0.25, 0.3) is 0 Å². The molecule has 1 atom stereocenters. The van der Waals surface area contributed by atoms with Crippen molar-refractivity contribution in [3.05, 3.63) is 59.7 Å². The molecule has 0 unspecified atom stereocenters. The van der Waals surface area contributed by atoms with Gasteiger partial charge in [-0.1, -0.05) is 37.3 Å². The van der Waals surface area contributed by atoms with Crippen LogP contribution in [0.2, 0.25) is 0 Å². The molecule has 152 valence electrons. The number of hydrogen-bond donors (Lipinski definition) is 1. The fourth-order valence-corrected chi connectivity index (χ4v) is 4.38. The van der Waals surface area contributed by atoms with Gasteiger partial charge in [0, 0.05) is 31.3 Å². The number of amides is 2. The number of benzene rings is 2. The van der Waals surface area contributed by atoms with Crippen LogP contribution in [0.4, 0.5) is 11.4 Å². The summed E-state index contributed by atoms with van der Waals surface area (Å²) in [6.45, 7) is 7.10. The number of anilines is 2. The summed E-state index contributed by atoms with van der Waals surface area (Å²) in [5.41, 5.74) is 3.90. The maximum absolute atomic E-state index is 12.9. The van der Waals surface area contributed by atoms with Crippen molar-refractivity contribution in [2.45, 2.75) is 45.7 Å². The van der Waals surface area contributed by atoms with E-state index in [4.69, 9.17) is 0 Å². The van der Waals surface area contributed by atoms with Crippen LogP contribution in [0.1, 0.15) is 37.8 Å². The average molecular weight is 392 g/mol. The number of likely N-dealkylation sites (tertiary alicyclic amines) is 1. The van der Waals surface area contributed by atoms with E-state index < -0.39 is 6.04 Å². The maximum atomic E-state index is 12.9. The smallest absolute Gasteiger partial charge is 0.247 e. The molecule has 5 nitrogen and oxygen atoms in total. The minimum absolute atomic E-state index is 0.110. The van der Waals surface area contributed by atoms with Gasteiger partial charge < -0.3 is 5.32 Å². The van der Waals surface area contributed by atoms with Crippen molar-refractivity contribution >= 4 is 23.2 Å². The van der Waals surface area contributed by atoms with E-state index >= 15 is 0 Å². The lowest BCUT2D eigenvalue weighted by Crippen LogP contribution is -2.44. The predicted molar refractivity (Wildman–Crippen MR) is 116 cm³/mol. The summed E-state index contributed by atoms with van der Waals surface area (Å²) in [5, 5.41) is 2.99. The third kappa shape index (κ3) is 4.35. The van der Waals surface area contributed by atoms with Crippen molar-refractivity contribution in [2.75, 3.05) is 23.3 Å². The van der Waals surface area contributed by atoms with Gasteiger partial charge in [-0.25, -0.2) is 0 Å². The molecule has 2 aliphatic rings. The molecule has 5 heteroatoms. The minimum atomic E-state index is -0.500. The van der Waals surface area contributed by atoms with Gasteiger partial charge in [0.2, 0.25) is 11.8 Å². The Labute approximate surface area is 172 Å². The SMILES string of the molecule is CC(=O)N1c2ccccc2C[C@H]1C(=O)Nc1ccc(CN2CCC(C)CC2)cc1. The van der Waals surface area contributed by atoms with Crippen LogP contribution in [0.15, 0.2) is 48.5 Å². The number of piperidine rings is 1. The van der Waals surface area contributed by atoms with E-state index in [0.717, 1.165) is 42.5 Å². The van der Waals surface area contributed by atoms with Crippen LogP contribution in [-0.2, 0) is 22.6 Å². The Bertz CT molecular complexity index is 885. The number of hydrogen-bond acceptors (Lipinski definition) is 3. The topological polar surface area (TPSA) is 52.7 Å². The highest BCUT2D eigenvalue weighted by molar-refractivity contribution is 6.06. The van der Waals surface area contributed by atoms with Crippen molar-refractivity contribution in [2.24, 2.45) is 5.92 Å². The Morgan fingerprint density at radius 2 is 1.72 bits per heavy atom. The second kappa shape index (κ2) is 8.37. The number of nitrogens with zero attached hydrogens (tertiary/aromatic N) is 2. The van der Waals surface area contributed by atoms with Gasteiger partial charge in [0.05, 0.1) is 0 Å². The number of nitrogens with one attached hydrogen (secondary N) is 1. The number of para-hydroxylation sites is 1. The second-order valence-electron chi connectivity index (χ2n) is 8.38. The van der Waals surface area contributed by atoms with Crippen molar-refractivity contribution < 1.29 is 9.59 Å². The third-order valence-corrected chi connectivity index (χ3v) is 6.12.